The van der Waals surface area contributed by atoms with E-state index in [1.807, 2.05) is 36.4 Å². The summed E-state index contributed by atoms with van der Waals surface area (Å²) < 4.78 is 26.3. The second-order valence-corrected chi connectivity index (χ2v) is 9.49. The molecule has 0 unspecified atom stereocenters. The van der Waals surface area contributed by atoms with E-state index in [0.717, 1.165) is 14.9 Å². The van der Waals surface area contributed by atoms with E-state index in [-0.39, 0.29) is 30.0 Å². The maximum atomic E-state index is 14.3. The second-order valence-electron chi connectivity index (χ2n) is 7.23. The topological polar surface area (TPSA) is 76.7 Å². The molecule has 0 saturated carbocycles. The van der Waals surface area contributed by atoms with Crippen molar-refractivity contribution in [1.29, 1.82) is 0 Å². The fraction of sp³-hybridized carbons (Fsp3) is 0.400. The number of thiophene rings is 1. The lowest BCUT2D eigenvalue weighted by molar-refractivity contribution is -0.137. The van der Waals surface area contributed by atoms with Crippen LogP contribution in [0.4, 0.5) is 15.1 Å². The van der Waals surface area contributed by atoms with Gasteiger partial charge in [0.25, 0.3) is 5.91 Å². The van der Waals surface area contributed by atoms with Gasteiger partial charge in [0.2, 0.25) is 0 Å². The Hall–Kier alpha value is -1.56. The highest BCUT2D eigenvalue weighted by atomic mass is 127. The predicted octanol–water partition coefficient (Wildman–Crippen LogP) is 4.63. The summed E-state index contributed by atoms with van der Waals surface area (Å²) >= 11 is 3.17. The van der Waals surface area contributed by atoms with Gasteiger partial charge in [-0.3, -0.25) is 9.59 Å². The van der Waals surface area contributed by atoms with Gasteiger partial charge in [-0.15, -0.1) is 11.3 Å². The molecule has 29 heavy (non-hydrogen) atoms. The maximum Gasteiger partial charge on any atom is 0.254 e. The molecule has 1 aliphatic rings. The number of amides is 1. The van der Waals surface area contributed by atoms with Crippen LogP contribution in [0.5, 0.6) is 0 Å². The molecule has 2 aromatic rings. The second kappa shape index (κ2) is 8.66. The van der Waals surface area contributed by atoms with E-state index in [0.29, 0.717) is 27.6 Å². The predicted molar refractivity (Wildman–Crippen MR) is 119 cm³/mol. The minimum Gasteiger partial charge on any atom is -0.349 e. The zero-order chi connectivity index (χ0) is 21.3. The molecule has 1 fully saturated rings. The van der Waals surface area contributed by atoms with Crippen molar-refractivity contribution < 1.29 is 23.5 Å². The molecule has 1 aromatic carbocycles. The van der Waals surface area contributed by atoms with E-state index in [1.54, 1.807) is 19.1 Å². The van der Waals surface area contributed by atoms with Crippen molar-refractivity contribution in [3.63, 3.8) is 0 Å². The number of ketones is 1. The lowest BCUT2D eigenvalue weighted by atomic mass is 10.1. The van der Waals surface area contributed by atoms with Gasteiger partial charge in [0, 0.05) is 10.1 Å². The Balaban J connectivity index is 1.84. The summed E-state index contributed by atoms with van der Waals surface area (Å²) in [5.41, 5.74) is 1.14. The van der Waals surface area contributed by atoms with Gasteiger partial charge in [0.1, 0.15) is 16.9 Å². The van der Waals surface area contributed by atoms with E-state index in [2.05, 4.69) is 10.6 Å². The van der Waals surface area contributed by atoms with E-state index < -0.39 is 11.6 Å². The summed E-state index contributed by atoms with van der Waals surface area (Å²) in [6.45, 7) is 7.44. The minimum atomic E-state index is -0.676. The quantitative estimate of drug-likeness (QED) is 0.420. The van der Waals surface area contributed by atoms with Crippen molar-refractivity contribution in [3.8, 4) is 0 Å². The minimum absolute atomic E-state index is 0.146. The van der Waals surface area contributed by atoms with Crippen molar-refractivity contribution in [1.82, 2.24) is 5.32 Å². The number of halogens is 2. The van der Waals surface area contributed by atoms with Gasteiger partial charge < -0.3 is 20.1 Å². The Kier molecular flexibility index (Phi) is 6.61. The fourth-order valence-corrected chi connectivity index (χ4v) is 4.65. The highest BCUT2D eigenvalue weighted by molar-refractivity contribution is 14.1. The van der Waals surface area contributed by atoms with Gasteiger partial charge in [-0.25, -0.2) is 4.39 Å². The summed E-state index contributed by atoms with van der Waals surface area (Å²) in [7, 11) is 0. The van der Waals surface area contributed by atoms with Crippen LogP contribution in [-0.4, -0.2) is 36.7 Å². The number of rotatable bonds is 6. The van der Waals surface area contributed by atoms with Gasteiger partial charge >= 0.3 is 0 Å². The maximum absolute atomic E-state index is 14.3. The summed E-state index contributed by atoms with van der Waals surface area (Å²) in [4.78, 5) is 25.4. The van der Waals surface area contributed by atoms with Crippen LogP contribution in [0.25, 0.3) is 0 Å². The fourth-order valence-electron chi connectivity index (χ4n) is 3.08. The number of Topliss-reactive ketones (excluding diaryl/α,β-unsaturated/α-hetero) is 1. The third-order valence-corrected chi connectivity index (χ3v) is 6.41. The first-order valence-corrected chi connectivity index (χ1v) is 10.9. The van der Waals surface area contributed by atoms with Gasteiger partial charge in [0.15, 0.2) is 11.6 Å². The van der Waals surface area contributed by atoms with Crippen LogP contribution in [0.1, 0.15) is 46.4 Å². The first-order chi connectivity index (χ1) is 13.6. The standard InChI is InChI=1S/C20H22FIN2O4S/c1-10-16(18(26)23-8-13-9-27-20(3,4)28-13)19(29-17(10)11(2)25)24-15-6-5-12(22)7-14(15)21/h5-7,13,24H,8-9H2,1-4H3,(H,23,26)/t13-/m1/s1. The molecule has 1 aliphatic heterocycles. The van der Waals surface area contributed by atoms with E-state index in [4.69, 9.17) is 9.47 Å². The molecule has 156 valence electrons. The van der Waals surface area contributed by atoms with Crippen molar-refractivity contribution in [2.45, 2.75) is 39.6 Å². The molecule has 2 N–H and O–H groups in total. The molecule has 2 heterocycles. The molecule has 1 atom stereocenters. The molecule has 0 spiro atoms. The van der Waals surface area contributed by atoms with Crippen LogP contribution in [-0.2, 0) is 9.47 Å². The van der Waals surface area contributed by atoms with E-state index in [9.17, 15) is 14.0 Å². The van der Waals surface area contributed by atoms with Gasteiger partial charge in [0.05, 0.1) is 22.7 Å². The Morgan fingerprint density at radius 3 is 2.69 bits per heavy atom. The van der Waals surface area contributed by atoms with Crippen LogP contribution < -0.4 is 10.6 Å². The molecule has 9 heteroatoms. The molecular formula is C20H22FIN2O4S. The van der Waals surface area contributed by atoms with Gasteiger partial charge in [-0.05, 0) is 74.0 Å². The highest BCUT2D eigenvalue weighted by Gasteiger charge is 2.33. The summed E-state index contributed by atoms with van der Waals surface area (Å²) in [5.74, 6) is -1.61. The van der Waals surface area contributed by atoms with Crippen LogP contribution in [0.3, 0.4) is 0 Å². The number of anilines is 2. The SMILES string of the molecule is CC(=O)c1sc(Nc2ccc(I)cc2F)c(C(=O)NC[C@@H]2COC(C)(C)O2)c1C. The van der Waals surface area contributed by atoms with Gasteiger partial charge in [-0.2, -0.15) is 0 Å². The largest absolute Gasteiger partial charge is 0.349 e. The molecule has 6 nitrogen and oxygen atoms in total. The summed E-state index contributed by atoms with van der Waals surface area (Å²) in [6.07, 6.45) is -0.259. The average molecular weight is 532 g/mol. The van der Waals surface area contributed by atoms with Crippen LogP contribution >= 0.6 is 33.9 Å². The number of nitrogens with one attached hydrogen (secondary N) is 2. The Bertz CT molecular complexity index is 960. The molecule has 0 radical (unpaired) electrons. The van der Waals surface area contributed by atoms with Crippen LogP contribution in [0.2, 0.25) is 0 Å². The number of carbonyl (C=O) groups is 2. The Morgan fingerprint density at radius 2 is 2.10 bits per heavy atom. The van der Waals surface area contributed by atoms with Crippen molar-refractivity contribution in [2.75, 3.05) is 18.5 Å². The molecule has 1 amide bonds. The third kappa shape index (κ3) is 5.14. The zero-order valence-electron chi connectivity index (χ0n) is 16.5. The van der Waals surface area contributed by atoms with E-state index in [1.165, 1.54) is 13.0 Å². The lowest BCUT2D eigenvalue weighted by Crippen LogP contribution is -2.34. The first-order valence-electron chi connectivity index (χ1n) is 9.04. The zero-order valence-corrected chi connectivity index (χ0v) is 19.5. The van der Waals surface area contributed by atoms with Crippen LogP contribution in [0, 0.1) is 16.3 Å². The van der Waals surface area contributed by atoms with Crippen LogP contribution in [0.15, 0.2) is 18.2 Å². The number of hydrogen-bond acceptors (Lipinski definition) is 6. The first kappa shape index (κ1) is 22.1. The van der Waals surface area contributed by atoms with Crippen molar-refractivity contribution in [2.24, 2.45) is 0 Å². The third-order valence-electron chi connectivity index (χ3n) is 4.43. The summed E-state index contributed by atoms with van der Waals surface area (Å²) in [6, 6.07) is 4.76. The smallest absolute Gasteiger partial charge is 0.254 e. The number of carbonyl (C=O) groups excluding carboxylic acids is 2. The number of hydrogen-bond donors (Lipinski definition) is 2. The van der Waals surface area contributed by atoms with Crippen molar-refractivity contribution >= 4 is 56.3 Å². The Morgan fingerprint density at radius 1 is 1.38 bits per heavy atom. The molecule has 1 aromatic heterocycles. The highest BCUT2D eigenvalue weighted by Crippen LogP contribution is 2.36. The Labute approximate surface area is 186 Å². The van der Waals surface area contributed by atoms with Crippen molar-refractivity contribution in [3.05, 3.63) is 43.6 Å². The molecule has 3 rings (SSSR count). The summed E-state index contributed by atoms with van der Waals surface area (Å²) in [5, 5.41) is 6.24. The number of ether oxygens (including phenoxy) is 2. The van der Waals surface area contributed by atoms with Gasteiger partial charge in [-0.1, -0.05) is 0 Å². The lowest BCUT2D eigenvalue weighted by Gasteiger charge is -2.17. The number of benzene rings is 1. The normalized spacial score (nSPS) is 17.9. The molecule has 1 saturated heterocycles. The van der Waals surface area contributed by atoms with E-state index >= 15 is 0 Å². The molecule has 0 aliphatic carbocycles. The molecular weight excluding hydrogens is 510 g/mol. The molecule has 0 bridgehead atoms. The monoisotopic (exact) mass is 532 g/mol. The average Bonchev–Trinajstić information content (AvgIpc) is 3.14.